The summed E-state index contributed by atoms with van der Waals surface area (Å²) in [5, 5.41) is 3.44. The molecule has 0 amide bonds. The van der Waals surface area contributed by atoms with Gasteiger partial charge in [-0.3, -0.25) is 18.5 Å². The van der Waals surface area contributed by atoms with Crippen LogP contribution in [-0.2, 0) is 38.6 Å². The molecular weight excluding hydrogens is 503 g/mol. The largest absolute Gasteiger partial charge is 0.490 e. The number of phosphoric acid groups is 3. The highest BCUT2D eigenvalue weighted by Gasteiger charge is 2.43. The van der Waals surface area contributed by atoms with Crippen molar-refractivity contribution in [3.8, 4) is 0 Å². The maximum absolute atomic E-state index is 12.4. The molecule has 0 bridgehead atoms. The van der Waals surface area contributed by atoms with Crippen LogP contribution in [0.5, 0.6) is 0 Å². The van der Waals surface area contributed by atoms with E-state index in [4.69, 9.17) is 24.9 Å². The van der Waals surface area contributed by atoms with Gasteiger partial charge >= 0.3 is 29.2 Å². The van der Waals surface area contributed by atoms with E-state index in [1.165, 1.54) is 20.2 Å². The third-order valence-corrected chi connectivity index (χ3v) is 7.82. The number of aromatic nitrogens is 2. The van der Waals surface area contributed by atoms with Gasteiger partial charge in [-0.25, -0.2) is 18.5 Å². The van der Waals surface area contributed by atoms with Crippen LogP contribution in [0.2, 0.25) is 0 Å². The lowest BCUT2D eigenvalue weighted by atomic mass is 10.1. The van der Waals surface area contributed by atoms with E-state index < -0.39 is 59.7 Å². The molecule has 18 nitrogen and oxygen atoms in total. The summed E-state index contributed by atoms with van der Waals surface area (Å²) in [6.07, 6.45) is -1.22. The van der Waals surface area contributed by atoms with Crippen molar-refractivity contribution in [2.75, 3.05) is 6.61 Å². The molecule has 1 aromatic heterocycles. The van der Waals surface area contributed by atoms with E-state index in [1.54, 1.807) is 0 Å². The van der Waals surface area contributed by atoms with Gasteiger partial charge in [0, 0.05) is 30.1 Å². The van der Waals surface area contributed by atoms with E-state index in [0.717, 1.165) is 9.13 Å². The lowest BCUT2D eigenvalue weighted by Crippen LogP contribution is -2.40. The SMILES string of the molecule is Cc1cn([C@H]2C[C@H](N=[N+]=[N-])[C@@H](COP(=O)(O)OP(=O)(O)OP(=O)(O)O)O2)c(=O)n(C)c1=O. The summed E-state index contributed by atoms with van der Waals surface area (Å²) < 4.78 is 52.9. The van der Waals surface area contributed by atoms with Crippen LogP contribution < -0.4 is 11.2 Å². The molecule has 0 radical (unpaired) electrons. The van der Waals surface area contributed by atoms with Crippen molar-refractivity contribution in [3.05, 3.63) is 43.0 Å². The first-order valence-corrected chi connectivity index (χ1v) is 12.8. The third-order valence-electron chi connectivity index (χ3n) is 4.01. The molecule has 0 aliphatic carbocycles. The standard InChI is InChI=1S/C11H18N5O13P3/c1-6-4-16(11(18)15(2)10(6)17)9-3-7(13-14-12)8(27-9)5-26-31(22,23)29-32(24,25)28-30(19,20)21/h4,7-9H,3,5H2,1-2H3,(H,22,23)(H,24,25)(H2,19,20,21)/t7-,8+,9+/m0/s1. The Morgan fingerprint density at radius 1 is 1.22 bits per heavy atom. The van der Waals surface area contributed by atoms with Crippen LogP contribution in [0, 0.1) is 6.92 Å². The molecule has 0 aromatic carbocycles. The Kier molecular flexibility index (Phi) is 8.06. The number of hydrogen-bond donors (Lipinski definition) is 4. The Labute approximate surface area is 178 Å². The van der Waals surface area contributed by atoms with Crippen LogP contribution in [0.3, 0.4) is 0 Å². The molecule has 180 valence electrons. The first kappa shape index (κ1) is 26.6. The van der Waals surface area contributed by atoms with Gasteiger partial charge in [-0.15, -0.1) is 0 Å². The number of aryl methyl sites for hydroxylation is 1. The molecule has 0 spiro atoms. The van der Waals surface area contributed by atoms with Crippen molar-refractivity contribution in [2.24, 2.45) is 12.2 Å². The van der Waals surface area contributed by atoms with E-state index in [0.29, 0.717) is 0 Å². The van der Waals surface area contributed by atoms with Crippen LogP contribution in [-0.4, -0.2) is 47.5 Å². The zero-order valence-corrected chi connectivity index (χ0v) is 18.9. The summed E-state index contributed by atoms with van der Waals surface area (Å²) in [4.78, 5) is 62.5. The molecule has 32 heavy (non-hydrogen) atoms. The molecule has 1 fully saturated rings. The molecule has 1 saturated heterocycles. The Bertz CT molecular complexity index is 1180. The number of nitrogens with zero attached hydrogens (tertiary/aromatic N) is 5. The zero-order valence-electron chi connectivity index (χ0n) is 16.3. The van der Waals surface area contributed by atoms with Gasteiger partial charge in [0.25, 0.3) is 5.56 Å². The molecule has 4 N–H and O–H groups in total. The predicted molar refractivity (Wildman–Crippen MR) is 102 cm³/mol. The van der Waals surface area contributed by atoms with E-state index in [9.17, 15) is 28.2 Å². The highest BCUT2D eigenvalue weighted by molar-refractivity contribution is 7.66. The second-order valence-electron chi connectivity index (χ2n) is 6.39. The second kappa shape index (κ2) is 9.69. The van der Waals surface area contributed by atoms with Crippen LogP contribution >= 0.6 is 23.5 Å². The van der Waals surface area contributed by atoms with Gasteiger partial charge in [0.1, 0.15) is 6.23 Å². The first-order valence-electron chi connectivity index (χ1n) is 8.32. The third kappa shape index (κ3) is 6.93. The van der Waals surface area contributed by atoms with E-state index in [1.807, 2.05) is 0 Å². The fourth-order valence-electron chi connectivity index (χ4n) is 2.74. The van der Waals surface area contributed by atoms with Crippen LogP contribution in [0.1, 0.15) is 18.2 Å². The molecule has 1 aromatic rings. The summed E-state index contributed by atoms with van der Waals surface area (Å²) in [6.45, 7) is 0.578. The quantitative estimate of drug-likeness (QED) is 0.146. The minimum atomic E-state index is -5.71. The molecule has 1 aliphatic heterocycles. The Hall–Kier alpha value is -1.64. The van der Waals surface area contributed by atoms with Crippen molar-refractivity contribution in [3.63, 3.8) is 0 Å². The average molecular weight is 521 g/mol. The number of hydrogen-bond acceptors (Lipinski definition) is 10. The Balaban J connectivity index is 2.18. The van der Waals surface area contributed by atoms with Crippen molar-refractivity contribution in [1.29, 1.82) is 0 Å². The van der Waals surface area contributed by atoms with Crippen molar-refractivity contribution in [2.45, 2.75) is 31.7 Å². The van der Waals surface area contributed by atoms with Gasteiger partial charge in [-0.1, -0.05) is 5.11 Å². The monoisotopic (exact) mass is 521 g/mol. The van der Waals surface area contributed by atoms with E-state index in [2.05, 4.69) is 23.2 Å². The maximum Gasteiger partial charge on any atom is 0.490 e. The second-order valence-corrected chi connectivity index (χ2v) is 10.8. The van der Waals surface area contributed by atoms with Gasteiger partial charge < -0.3 is 24.3 Å². The van der Waals surface area contributed by atoms with Gasteiger partial charge in [0.05, 0.1) is 18.8 Å². The van der Waals surface area contributed by atoms with Crippen molar-refractivity contribution in [1.82, 2.24) is 9.13 Å². The number of rotatable bonds is 9. The fraction of sp³-hybridized carbons (Fsp3) is 0.636. The highest BCUT2D eigenvalue weighted by Crippen LogP contribution is 2.66. The number of phosphoric ester groups is 1. The van der Waals surface area contributed by atoms with Gasteiger partial charge in [0.2, 0.25) is 0 Å². The zero-order chi connectivity index (χ0) is 24.5. The van der Waals surface area contributed by atoms with E-state index >= 15 is 0 Å². The number of azide groups is 1. The average Bonchev–Trinajstić information content (AvgIpc) is 3.01. The Morgan fingerprint density at radius 3 is 2.41 bits per heavy atom. The molecule has 2 heterocycles. The van der Waals surface area contributed by atoms with E-state index in [-0.39, 0.29) is 12.0 Å². The van der Waals surface area contributed by atoms with Gasteiger partial charge in [-0.05, 0) is 12.5 Å². The lowest BCUT2D eigenvalue weighted by molar-refractivity contribution is -0.0272. The number of ether oxygens (including phenoxy) is 1. The predicted octanol–water partition coefficient (Wildman–Crippen LogP) is 0.165. The highest BCUT2D eigenvalue weighted by atomic mass is 31.3. The van der Waals surface area contributed by atoms with Crippen molar-refractivity contribution < 1.29 is 51.2 Å². The summed E-state index contributed by atoms with van der Waals surface area (Å²) in [7, 11) is -15.5. The molecule has 21 heteroatoms. The summed E-state index contributed by atoms with van der Waals surface area (Å²) >= 11 is 0. The van der Waals surface area contributed by atoms with Crippen LogP contribution in [0.15, 0.2) is 20.9 Å². The maximum atomic E-state index is 12.4. The van der Waals surface area contributed by atoms with Gasteiger partial charge in [0.15, 0.2) is 0 Å². The topological polar surface area (TPSA) is 262 Å². The first-order chi connectivity index (χ1) is 14.6. The normalized spacial score (nSPS) is 25.0. The molecule has 2 unspecified atom stereocenters. The van der Waals surface area contributed by atoms with Gasteiger partial charge in [-0.2, -0.15) is 8.62 Å². The smallest absolute Gasteiger partial charge is 0.352 e. The van der Waals surface area contributed by atoms with Crippen LogP contribution in [0.25, 0.3) is 10.4 Å². The lowest BCUT2D eigenvalue weighted by Gasteiger charge is -2.20. The molecule has 0 saturated carbocycles. The summed E-state index contributed by atoms with van der Waals surface area (Å²) in [5.74, 6) is 0. The van der Waals surface area contributed by atoms with Crippen molar-refractivity contribution >= 4 is 23.5 Å². The molecular formula is C11H18N5O13P3. The minimum Gasteiger partial charge on any atom is -0.352 e. The molecule has 5 atom stereocenters. The summed E-state index contributed by atoms with van der Waals surface area (Å²) in [6, 6.07) is -1.04. The fourth-order valence-corrected chi connectivity index (χ4v) is 5.77. The van der Waals surface area contributed by atoms with Crippen LogP contribution in [0.4, 0.5) is 0 Å². The Morgan fingerprint density at radius 2 is 1.84 bits per heavy atom. The summed E-state index contributed by atoms with van der Waals surface area (Å²) in [5.41, 5.74) is 7.64. The minimum absolute atomic E-state index is 0.105. The molecule has 2 rings (SSSR count). The molecule has 1 aliphatic rings.